The summed E-state index contributed by atoms with van der Waals surface area (Å²) in [6.45, 7) is 0. The molecule has 160 valence electrons. The molecule has 0 unspecified atom stereocenters. The van der Waals surface area contributed by atoms with Crippen LogP contribution in [-0.4, -0.2) is 31.0 Å². The summed E-state index contributed by atoms with van der Waals surface area (Å²) in [5, 5.41) is 13.9. The van der Waals surface area contributed by atoms with Gasteiger partial charge in [-0.15, -0.1) is 0 Å². The zero-order valence-corrected chi connectivity index (χ0v) is 20.6. The van der Waals surface area contributed by atoms with Gasteiger partial charge in [-0.2, -0.15) is 5.26 Å². The van der Waals surface area contributed by atoms with Crippen molar-refractivity contribution in [2.75, 3.05) is 5.32 Å². The van der Waals surface area contributed by atoms with Crippen LogP contribution >= 0.6 is 42.3 Å². The fraction of sp³-hybridized carbons (Fsp3) is 0.182. The van der Waals surface area contributed by atoms with Gasteiger partial charge in [-0.25, -0.2) is 15.0 Å². The Balaban J connectivity index is 1.31. The minimum absolute atomic E-state index is 0.361. The van der Waals surface area contributed by atoms with Crippen molar-refractivity contribution in [3.63, 3.8) is 0 Å². The Morgan fingerprint density at radius 1 is 1.16 bits per heavy atom. The van der Waals surface area contributed by atoms with Crippen LogP contribution in [0.5, 0.6) is 0 Å². The van der Waals surface area contributed by atoms with E-state index in [1.54, 1.807) is 33.6 Å². The van der Waals surface area contributed by atoms with Gasteiger partial charge < -0.3 is 5.32 Å². The average molecular weight is 571 g/mol. The molecular formula is C22H18IN7S2. The lowest BCUT2D eigenvalue weighted by atomic mass is 9.87. The Hall–Kier alpha value is -2.33. The molecule has 32 heavy (non-hydrogen) atoms. The molecule has 0 bridgehead atoms. The van der Waals surface area contributed by atoms with E-state index in [0.29, 0.717) is 17.6 Å². The molecule has 0 radical (unpaired) electrons. The molecule has 1 aliphatic carbocycles. The number of anilines is 1. The van der Waals surface area contributed by atoms with E-state index in [1.165, 1.54) is 0 Å². The van der Waals surface area contributed by atoms with Gasteiger partial charge in [0.15, 0.2) is 5.65 Å². The fourth-order valence-electron chi connectivity index (χ4n) is 3.73. The second-order valence-electron chi connectivity index (χ2n) is 7.46. The van der Waals surface area contributed by atoms with Crippen molar-refractivity contribution < 1.29 is 0 Å². The Kier molecular flexibility index (Phi) is 6.49. The Bertz CT molecular complexity index is 1280. The van der Waals surface area contributed by atoms with Gasteiger partial charge in [-0.05, 0) is 55.1 Å². The summed E-state index contributed by atoms with van der Waals surface area (Å²) in [5.41, 5.74) is 4.52. The minimum Gasteiger partial charge on any atom is -0.381 e. The number of nitrogens with zero attached hydrogens (tertiary/aromatic N) is 5. The van der Waals surface area contributed by atoms with Gasteiger partial charge in [0.05, 0.1) is 23.0 Å². The number of nitriles is 1. The third kappa shape index (κ3) is 4.43. The lowest BCUT2D eigenvalue weighted by molar-refractivity contribution is 0.355. The van der Waals surface area contributed by atoms with Gasteiger partial charge in [-0.1, -0.05) is 6.07 Å². The minimum atomic E-state index is 0.361. The zero-order valence-electron chi connectivity index (χ0n) is 16.8. The topological polar surface area (TPSA) is 91.4 Å². The van der Waals surface area contributed by atoms with Crippen LogP contribution in [0.1, 0.15) is 18.4 Å². The second-order valence-corrected chi connectivity index (χ2v) is 10.1. The first-order valence-corrected chi connectivity index (χ1v) is 14.1. The van der Waals surface area contributed by atoms with E-state index >= 15 is 0 Å². The highest BCUT2D eigenvalue weighted by Crippen LogP contribution is 2.38. The van der Waals surface area contributed by atoms with E-state index in [4.69, 9.17) is 10.2 Å². The van der Waals surface area contributed by atoms with Crippen LogP contribution in [0, 0.1) is 11.3 Å². The average Bonchev–Trinajstić information content (AvgIpc) is 3.24. The van der Waals surface area contributed by atoms with Crippen molar-refractivity contribution in [1.82, 2.24) is 23.6 Å². The summed E-state index contributed by atoms with van der Waals surface area (Å²) in [6, 6.07) is 14.6. The van der Waals surface area contributed by atoms with Gasteiger partial charge in [0, 0.05) is 76.8 Å². The van der Waals surface area contributed by atoms with Crippen molar-refractivity contribution >= 4 is 59.0 Å². The highest BCUT2D eigenvalue weighted by molar-refractivity contribution is 14.2. The van der Waals surface area contributed by atoms with Gasteiger partial charge in [0.25, 0.3) is 0 Å². The molecule has 0 spiro atoms. The third-order valence-corrected chi connectivity index (χ3v) is 8.06. The first-order chi connectivity index (χ1) is 15.7. The largest absolute Gasteiger partial charge is 0.381 e. The Morgan fingerprint density at radius 2 is 2.06 bits per heavy atom. The van der Waals surface area contributed by atoms with E-state index in [0.717, 1.165) is 45.7 Å². The molecule has 3 heterocycles. The number of hydrogen-bond acceptors (Lipinski definition) is 8. The summed E-state index contributed by atoms with van der Waals surface area (Å²) in [6.07, 6.45) is 9.28. The number of aromatic nitrogens is 4. The van der Waals surface area contributed by atoms with E-state index in [9.17, 15) is 0 Å². The predicted octanol–water partition coefficient (Wildman–Crippen LogP) is 5.45. The number of hydrogen-bond donors (Lipinski definition) is 2. The fourth-order valence-corrected chi connectivity index (χ4v) is 5.83. The highest BCUT2D eigenvalue weighted by Gasteiger charge is 2.30. The molecule has 1 fully saturated rings. The van der Waals surface area contributed by atoms with Crippen LogP contribution in [0.2, 0.25) is 0 Å². The molecule has 4 aromatic rings. The number of halogens is 1. The van der Waals surface area contributed by atoms with Gasteiger partial charge in [-0.3, -0.25) is 8.69 Å². The SMILES string of the molecule is N#Cc1cccc(SN[C@H]2C[C@@H](Nc3c(-c4ccncn4)cnc4c3ccn4SI)C2)c1. The first-order valence-electron chi connectivity index (χ1n) is 9.99. The second kappa shape index (κ2) is 9.66. The summed E-state index contributed by atoms with van der Waals surface area (Å²) >= 11 is 3.85. The number of pyridine rings is 1. The quantitative estimate of drug-likeness (QED) is 0.224. The van der Waals surface area contributed by atoms with E-state index < -0.39 is 0 Å². The predicted molar refractivity (Wildman–Crippen MR) is 138 cm³/mol. The Morgan fingerprint density at radius 3 is 2.84 bits per heavy atom. The van der Waals surface area contributed by atoms with Crippen LogP contribution in [0.25, 0.3) is 22.3 Å². The zero-order chi connectivity index (χ0) is 21.9. The molecule has 2 N–H and O–H groups in total. The smallest absolute Gasteiger partial charge is 0.152 e. The molecule has 1 aromatic carbocycles. The van der Waals surface area contributed by atoms with E-state index in [2.05, 4.69) is 57.3 Å². The van der Waals surface area contributed by atoms with Crippen LogP contribution in [0.15, 0.2) is 66.2 Å². The normalized spacial score (nSPS) is 17.6. The summed E-state index contributed by atoms with van der Waals surface area (Å²) in [5.74, 6) is 0. The van der Waals surface area contributed by atoms with Gasteiger partial charge in [0.1, 0.15) is 6.33 Å². The van der Waals surface area contributed by atoms with E-state index in [1.807, 2.05) is 42.7 Å². The van der Waals surface area contributed by atoms with Crippen LogP contribution in [0.3, 0.4) is 0 Å². The molecule has 0 atom stereocenters. The number of fused-ring (bicyclic) bond motifs is 1. The Labute approximate surface area is 206 Å². The maximum Gasteiger partial charge on any atom is 0.152 e. The molecule has 1 saturated carbocycles. The lowest BCUT2D eigenvalue weighted by Crippen LogP contribution is -2.45. The van der Waals surface area contributed by atoms with Crippen LogP contribution in [0.4, 0.5) is 5.69 Å². The molecule has 0 aliphatic heterocycles. The number of benzene rings is 1. The molecule has 1 aliphatic rings. The standard InChI is InChI=1S/C22H18IN7S2/c23-32-30-7-5-18-21(19(12-26-22(18)30)20-4-6-25-13-27-20)28-15-9-16(10-15)29-31-17-3-1-2-14(8-17)11-24/h1-8,12-13,15-16,29H,9-10H2,(H,26,28)/t15-,16+. The molecule has 5 rings (SSSR count). The maximum absolute atomic E-state index is 9.07. The highest BCUT2D eigenvalue weighted by atomic mass is 127. The molecular weight excluding hydrogens is 553 g/mol. The lowest BCUT2D eigenvalue weighted by Gasteiger charge is -2.37. The molecule has 0 amide bonds. The summed E-state index contributed by atoms with van der Waals surface area (Å²) in [4.78, 5) is 14.2. The number of rotatable bonds is 7. The van der Waals surface area contributed by atoms with Crippen molar-refractivity contribution in [2.45, 2.75) is 29.8 Å². The van der Waals surface area contributed by atoms with Crippen LogP contribution < -0.4 is 10.0 Å². The summed E-state index contributed by atoms with van der Waals surface area (Å²) in [7, 11) is 1.60. The van der Waals surface area contributed by atoms with Crippen molar-refractivity contribution in [1.29, 1.82) is 5.26 Å². The monoisotopic (exact) mass is 571 g/mol. The van der Waals surface area contributed by atoms with Crippen molar-refractivity contribution in [2.24, 2.45) is 0 Å². The van der Waals surface area contributed by atoms with Gasteiger partial charge >= 0.3 is 0 Å². The van der Waals surface area contributed by atoms with Gasteiger partial charge in [0.2, 0.25) is 0 Å². The third-order valence-electron chi connectivity index (χ3n) is 5.41. The molecule has 0 saturated heterocycles. The molecule has 10 heteroatoms. The molecule has 3 aromatic heterocycles. The molecule has 7 nitrogen and oxygen atoms in total. The number of nitrogens with one attached hydrogen (secondary N) is 2. The first kappa shape index (κ1) is 21.5. The summed E-state index contributed by atoms with van der Waals surface area (Å²) < 4.78 is 5.58. The van der Waals surface area contributed by atoms with Crippen molar-refractivity contribution in [3.8, 4) is 17.3 Å². The van der Waals surface area contributed by atoms with E-state index in [-0.39, 0.29) is 0 Å². The van der Waals surface area contributed by atoms with Crippen LogP contribution in [-0.2, 0) is 0 Å². The van der Waals surface area contributed by atoms with Crippen molar-refractivity contribution in [3.05, 3.63) is 66.9 Å². The maximum atomic E-state index is 9.07.